The molecular weight excluding hydrogens is 335 g/mol. The normalized spacial score (nSPS) is 9.52. The highest BCUT2D eigenvalue weighted by atomic mass is 35.5. The molecular formula is C12H22Cl2N4O2S. The summed E-state index contributed by atoms with van der Waals surface area (Å²) in [7, 11) is 0. The van der Waals surface area contributed by atoms with Gasteiger partial charge in [-0.25, -0.2) is 4.98 Å². The lowest BCUT2D eigenvalue weighted by atomic mass is 10.2. The van der Waals surface area contributed by atoms with Gasteiger partial charge in [0.15, 0.2) is 5.13 Å². The molecule has 1 rings (SSSR count). The fourth-order valence-electron chi connectivity index (χ4n) is 1.25. The summed E-state index contributed by atoms with van der Waals surface area (Å²) in [5.41, 5.74) is 6.00. The van der Waals surface area contributed by atoms with Crippen LogP contribution in [0.15, 0.2) is 5.38 Å². The number of rotatable bonds is 7. The molecule has 0 aliphatic carbocycles. The Morgan fingerprint density at radius 1 is 1.38 bits per heavy atom. The lowest BCUT2D eigenvalue weighted by molar-refractivity contribution is -0.120. The molecule has 21 heavy (non-hydrogen) atoms. The Labute approximate surface area is 141 Å². The Bertz CT molecular complexity index is 441. The highest BCUT2D eigenvalue weighted by Crippen LogP contribution is 2.16. The summed E-state index contributed by atoms with van der Waals surface area (Å²) in [6.07, 6.45) is 0.983. The molecule has 0 unspecified atom stereocenters. The number of anilines is 1. The molecule has 0 bridgehead atoms. The first-order valence-corrected chi connectivity index (χ1v) is 7.13. The topological polar surface area (TPSA) is 97.1 Å². The van der Waals surface area contributed by atoms with Crippen molar-refractivity contribution in [2.24, 2.45) is 11.7 Å². The predicted molar refractivity (Wildman–Crippen MR) is 90.5 cm³/mol. The van der Waals surface area contributed by atoms with Crippen molar-refractivity contribution >= 4 is 53.1 Å². The van der Waals surface area contributed by atoms with Crippen LogP contribution in [0, 0.1) is 5.92 Å². The van der Waals surface area contributed by atoms with E-state index in [9.17, 15) is 9.59 Å². The van der Waals surface area contributed by atoms with E-state index in [1.165, 1.54) is 11.3 Å². The molecule has 4 N–H and O–H groups in total. The van der Waals surface area contributed by atoms with Gasteiger partial charge in [-0.1, -0.05) is 13.8 Å². The minimum atomic E-state index is -0.0908. The van der Waals surface area contributed by atoms with E-state index in [0.717, 1.165) is 6.42 Å². The first-order valence-electron chi connectivity index (χ1n) is 6.25. The van der Waals surface area contributed by atoms with E-state index in [2.05, 4.69) is 15.6 Å². The van der Waals surface area contributed by atoms with Gasteiger partial charge in [-0.15, -0.1) is 36.2 Å². The third kappa shape index (κ3) is 8.87. The van der Waals surface area contributed by atoms with Crippen LogP contribution in [0.25, 0.3) is 0 Å². The molecule has 1 aromatic rings. The van der Waals surface area contributed by atoms with Crippen molar-refractivity contribution < 1.29 is 9.59 Å². The van der Waals surface area contributed by atoms with E-state index in [1.807, 2.05) is 13.8 Å². The lowest BCUT2D eigenvalue weighted by Gasteiger charge is -2.03. The van der Waals surface area contributed by atoms with Crippen LogP contribution in [0.3, 0.4) is 0 Å². The molecule has 1 heterocycles. The van der Waals surface area contributed by atoms with Gasteiger partial charge < -0.3 is 16.4 Å². The van der Waals surface area contributed by atoms with Crippen LogP contribution < -0.4 is 16.4 Å². The monoisotopic (exact) mass is 356 g/mol. The second kappa shape index (κ2) is 11.7. The molecule has 6 nitrogen and oxygen atoms in total. The van der Waals surface area contributed by atoms with Crippen molar-refractivity contribution in [1.82, 2.24) is 10.3 Å². The zero-order valence-electron chi connectivity index (χ0n) is 12.0. The number of amides is 2. The van der Waals surface area contributed by atoms with Gasteiger partial charge in [-0.2, -0.15) is 0 Å². The summed E-state index contributed by atoms with van der Waals surface area (Å²) in [4.78, 5) is 27.2. The van der Waals surface area contributed by atoms with Crippen molar-refractivity contribution in [3.05, 3.63) is 11.1 Å². The minimum absolute atomic E-state index is 0. The molecule has 0 aliphatic heterocycles. The minimum Gasteiger partial charge on any atom is -0.356 e. The number of halogens is 2. The van der Waals surface area contributed by atoms with Gasteiger partial charge in [0.1, 0.15) is 0 Å². The van der Waals surface area contributed by atoms with Crippen LogP contribution in [0.2, 0.25) is 0 Å². The van der Waals surface area contributed by atoms with Gasteiger partial charge in [-0.05, 0) is 13.0 Å². The van der Waals surface area contributed by atoms with E-state index in [0.29, 0.717) is 23.9 Å². The highest BCUT2D eigenvalue weighted by Gasteiger charge is 2.11. The van der Waals surface area contributed by atoms with Gasteiger partial charge in [0.2, 0.25) is 11.8 Å². The quantitative estimate of drug-likeness (QED) is 0.646. The average Bonchev–Trinajstić information content (AvgIpc) is 2.76. The van der Waals surface area contributed by atoms with Gasteiger partial charge in [-0.3, -0.25) is 9.59 Å². The Balaban J connectivity index is 0. The first kappa shape index (κ1) is 22.4. The number of carbonyl (C=O) groups excluding carboxylic acids is 2. The van der Waals surface area contributed by atoms with Crippen LogP contribution in [-0.4, -0.2) is 29.9 Å². The number of carbonyl (C=O) groups is 2. The molecule has 0 atom stereocenters. The molecule has 9 heteroatoms. The van der Waals surface area contributed by atoms with E-state index in [4.69, 9.17) is 5.73 Å². The smallest absolute Gasteiger partial charge is 0.228 e. The molecule has 0 saturated heterocycles. The summed E-state index contributed by atoms with van der Waals surface area (Å²) in [5, 5.41) is 7.77. The zero-order valence-corrected chi connectivity index (χ0v) is 14.5. The lowest BCUT2D eigenvalue weighted by Crippen LogP contribution is -2.27. The van der Waals surface area contributed by atoms with Gasteiger partial charge in [0.25, 0.3) is 0 Å². The van der Waals surface area contributed by atoms with Crippen molar-refractivity contribution in [2.45, 2.75) is 26.7 Å². The first-order chi connectivity index (χ1) is 9.02. The summed E-state index contributed by atoms with van der Waals surface area (Å²) in [6, 6.07) is 0. The third-order valence-electron chi connectivity index (χ3n) is 2.35. The fraction of sp³-hybridized carbons (Fsp3) is 0.583. The second-order valence-corrected chi connectivity index (χ2v) is 5.32. The van der Waals surface area contributed by atoms with Crippen molar-refractivity contribution in [3.63, 3.8) is 0 Å². The largest absolute Gasteiger partial charge is 0.356 e. The SMILES string of the molecule is CC(C)C(=O)Nc1nc(CC(=O)NCCCN)cs1.Cl.Cl. The molecule has 122 valence electrons. The Morgan fingerprint density at radius 2 is 2.05 bits per heavy atom. The maximum Gasteiger partial charge on any atom is 0.228 e. The van der Waals surface area contributed by atoms with E-state index in [1.54, 1.807) is 5.38 Å². The molecule has 2 amide bonds. The Hall–Kier alpha value is -0.890. The number of nitrogens with two attached hydrogens (primary N) is 1. The molecule has 0 saturated carbocycles. The van der Waals surface area contributed by atoms with Crippen LogP contribution in [0.1, 0.15) is 26.0 Å². The maximum absolute atomic E-state index is 11.6. The number of thiazole rings is 1. The highest BCUT2D eigenvalue weighted by molar-refractivity contribution is 7.13. The van der Waals surface area contributed by atoms with Gasteiger partial charge in [0, 0.05) is 17.8 Å². The summed E-state index contributed by atoms with van der Waals surface area (Å²) < 4.78 is 0. The number of hydrogen-bond donors (Lipinski definition) is 3. The van der Waals surface area contributed by atoms with Crippen LogP contribution in [0.5, 0.6) is 0 Å². The van der Waals surface area contributed by atoms with Crippen LogP contribution in [-0.2, 0) is 16.0 Å². The molecule has 0 aliphatic rings. The molecule has 0 radical (unpaired) electrons. The molecule has 0 aromatic carbocycles. The van der Waals surface area contributed by atoms with Crippen molar-refractivity contribution in [2.75, 3.05) is 18.4 Å². The second-order valence-electron chi connectivity index (χ2n) is 4.46. The van der Waals surface area contributed by atoms with Gasteiger partial charge in [0.05, 0.1) is 12.1 Å². The third-order valence-corrected chi connectivity index (χ3v) is 3.16. The summed E-state index contributed by atoms with van der Waals surface area (Å²) in [6.45, 7) is 4.77. The van der Waals surface area contributed by atoms with E-state index in [-0.39, 0.29) is 49.0 Å². The predicted octanol–water partition coefficient (Wildman–Crippen LogP) is 1.59. The number of hydrogen-bond acceptors (Lipinski definition) is 5. The summed E-state index contributed by atoms with van der Waals surface area (Å²) >= 11 is 1.32. The van der Waals surface area contributed by atoms with Crippen molar-refractivity contribution in [3.8, 4) is 0 Å². The van der Waals surface area contributed by atoms with Crippen LogP contribution in [0.4, 0.5) is 5.13 Å². The fourth-order valence-corrected chi connectivity index (χ4v) is 1.97. The van der Waals surface area contributed by atoms with E-state index >= 15 is 0 Å². The number of nitrogens with zero attached hydrogens (tertiary/aromatic N) is 1. The average molecular weight is 357 g/mol. The van der Waals surface area contributed by atoms with E-state index < -0.39 is 0 Å². The zero-order chi connectivity index (χ0) is 14.3. The van der Waals surface area contributed by atoms with Crippen molar-refractivity contribution in [1.29, 1.82) is 0 Å². The molecule has 0 spiro atoms. The summed E-state index contributed by atoms with van der Waals surface area (Å²) in [5.74, 6) is -0.249. The Kier molecular flexibility index (Phi) is 12.5. The number of nitrogens with one attached hydrogen (secondary N) is 2. The molecule has 0 fully saturated rings. The molecule has 1 aromatic heterocycles. The Morgan fingerprint density at radius 3 is 2.62 bits per heavy atom. The maximum atomic E-state index is 11.6. The van der Waals surface area contributed by atoms with Gasteiger partial charge >= 0.3 is 0 Å². The number of aromatic nitrogens is 1. The standard InChI is InChI=1S/C12H20N4O2S.2ClH/c1-8(2)11(18)16-12-15-9(7-19-12)6-10(17)14-5-3-4-13;;/h7-8H,3-6,13H2,1-2H3,(H,14,17)(H,15,16,18);2*1H. The van der Waals surface area contributed by atoms with Crippen LogP contribution >= 0.6 is 36.2 Å².